The topological polar surface area (TPSA) is 73.4 Å². The van der Waals surface area contributed by atoms with Gasteiger partial charge in [-0.1, -0.05) is 90.5 Å². The lowest BCUT2D eigenvalue weighted by Gasteiger charge is -2.18. The SMILES string of the molecule is C/C(=C(\Cl)C#N)c1ccc(/C(=C(\c2ccc(O)cc2)c2ccc(N=O)cc2)c2ccccc2)cc1. The fraction of sp³-hybridized carbons (Fsp3) is 0.0333. The van der Waals surface area contributed by atoms with E-state index in [-0.39, 0.29) is 10.8 Å². The Morgan fingerprint density at radius 1 is 0.714 bits per heavy atom. The summed E-state index contributed by atoms with van der Waals surface area (Å²) in [6.45, 7) is 1.82. The van der Waals surface area contributed by atoms with E-state index in [4.69, 9.17) is 16.9 Å². The van der Waals surface area contributed by atoms with Crippen LogP contribution in [0.4, 0.5) is 5.69 Å². The van der Waals surface area contributed by atoms with E-state index in [1.54, 1.807) is 24.3 Å². The Morgan fingerprint density at radius 3 is 1.63 bits per heavy atom. The second-order valence-electron chi connectivity index (χ2n) is 7.93. The van der Waals surface area contributed by atoms with Gasteiger partial charge in [-0.2, -0.15) is 5.26 Å². The van der Waals surface area contributed by atoms with Crippen LogP contribution in [0.5, 0.6) is 5.75 Å². The summed E-state index contributed by atoms with van der Waals surface area (Å²) < 4.78 is 0. The largest absolute Gasteiger partial charge is 0.508 e. The van der Waals surface area contributed by atoms with Gasteiger partial charge in [-0.05, 0) is 80.9 Å². The normalized spacial score (nSPS) is 12.3. The van der Waals surface area contributed by atoms with Crippen LogP contribution in [0.2, 0.25) is 0 Å². The minimum atomic E-state index is 0.158. The standard InChI is InChI=1S/C30H21ClN2O2/c1-20(28(31)19-32)21-7-9-23(10-8-21)29(22-5-3-2-4-6-22)30(25-13-17-27(34)18-14-25)24-11-15-26(33-35)16-12-24/h2-18,34H,1H3/b28-20+,30-29-. The lowest BCUT2D eigenvalue weighted by Crippen LogP contribution is -1.98. The molecule has 1 N–H and O–H groups in total. The summed E-state index contributed by atoms with van der Waals surface area (Å²) in [7, 11) is 0. The molecule has 0 amide bonds. The van der Waals surface area contributed by atoms with Gasteiger partial charge in [-0.25, -0.2) is 0 Å². The first-order chi connectivity index (χ1) is 17.0. The smallest absolute Gasteiger partial charge is 0.121 e. The minimum absolute atomic E-state index is 0.158. The van der Waals surface area contributed by atoms with Crippen molar-refractivity contribution in [1.82, 2.24) is 0 Å². The van der Waals surface area contributed by atoms with Crippen molar-refractivity contribution >= 4 is 34.0 Å². The van der Waals surface area contributed by atoms with Crippen molar-refractivity contribution in [2.45, 2.75) is 6.92 Å². The number of rotatable bonds is 6. The van der Waals surface area contributed by atoms with Crippen molar-refractivity contribution in [3.8, 4) is 11.8 Å². The van der Waals surface area contributed by atoms with Gasteiger partial charge in [0.15, 0.2) is 0 Å². The van der Waals surface area contributed by atoms with Crippen LogP contribution in [0.15, 0.2) is 113 Å². The molecular formula is C30H21ClN2O2. The summed E-state index contributed by atoms with van der Waals surface area (Å²) >= 11 is 6.06. The summed E-state index contributed by atoms with van der Waals surface area (Å²) in [5, 5.41) is 22.2. The molecule has 0 heterocycles. The zero-order chi connectivity index (χ0) is 24.8. The lowest BCUT2D eigenvalue weighted by molar-refractivity contribution is 0.475. The van der Waals surface area contributed by atoms with Crippen LogP contribution in [0, 0.1) is 16.2 Å². The quantitative estimate of drug-likeness (QED) is 0.173. The monoisotopic (exact) mass is 476 g/mol. The minimum Gasteiger partial charge on any atom is -0.508 e. The van der Waals surface area contributed by atoms with Gasteiger partial charge in [0.2, 0.25) is 0 Å². The fourth-order valence-electron chi connectivity index (χ4n) is 3.93. The molecule has 0 radical (unpaired) electrons. The molecule has 0 bridgehead atoms. The van der Waals surface area contributed by atoms with E-state index in [9.17, 15) is 10.0 Å². The first-order valence-electron chi connectivity index (χ1n) is 10.9. The second kappa shape index (κ2) is 10.6. The molecule has 0 aliphatic rings. The van der Waals surface area contributed by atoms with Crippen molar-refractivity contribution in [2.75, 3.05) is 0 Å². The number of phenolic OH excluding ortho intramolecular Hbond substituents is 1. The Kier molecular flexibility index (Phi) is 7.21. The number of nitroso groups, excluding NO2 is 1. The summed E-state index contributed by atoms with van der Waals surface area (Å²) in [5.41, 5.74) is 7.59. The maximum absolute atomic E-state index is 11.0. The van der Waals surface area contributed by atoms with Crippen LogP contribution >= 0.6 is 11.6 Å². The molecule has 4 aromatic carbocycles. The van der Waals surface area contributed by atoms with E-state index in [1.807, 2.05) is 91.9 Å². The molecule has 0 aliphatic carbocycles. The third kappa shape index (κ3) is 5.22. The zero-order valence-corrected chi connectivity index (χ0v) is 19.7. The van der Waals surface area contributed by atoms with Gasteiger partial charge in [0.1, 0.15) is 22.5 Å². The van der Waals surface area contributed by atoms with Gasteiger partial charge in [0, 0.05) is 0 Å². The molecule has 0 saturated carbocycles. The molecule has 4 nitrogen and oxygen atoms in total. The molecule has 35 heavy (non-hydrogen) atoms. The number of hydrogen-bond acceptors (Lipinski definition) is 4. The molecular weight excluding hydrogens is 456 g/mol. The third-order valence-corrected chi connectivity index (χ3v) is 6.13. The van der Waals surface area contributed by atoms with E-state index in [0.717, 1.165) is 39.0 Å². The molecule has 5 heteroatoms. The van der Waals surface area contributed by atoms with E-state index < -0.39 is 0 Å². The predicted octanol–water partition coefficient (Wildman–Crippen LogP) is 8.29. The van der Waals surface area contributed by atoms with Crippen molar-refractivity contribution in [3.63, 3.8) is 0 Å². The second-order valence-corrected chi connectivity index (χ2v) is 8.31. The molecule has 0 aliphatic heterocycles. The fourth-order valence-corrected chi connectivity index (χ4v) is 4.04. The first-order valence-corrected chi connectivity index (χ1v) is 11.3. The van der Waals surface area contributed by atoms with Crippen LogP contribution in [-0.2, 0) is 0 Å². The average Bonchev–Trinajstić information content (AvgIpc) is 2.92. The molecule has 0 aromatic heterocycles. The van der Waals surface area contributed by atoms with Gasteiger partial charge in [0.05, 0.1) is 0 Å². The number of phenols is 1. The highest BCUT2D eigenvalue weighted by atomic mass is 35.5. The summed E-state index contributed by atoms with van der Waals surface area (Å²) in [4.78, 5) is 11.0. The van der Waals surface area contributed by atoms with Crippen molar-refractivity contribution < 1.29 is 5.11 Å². The van der Waals surface area contributed by atoms with E-state index >= 15 is 0 Å². The lowest BCUT2D eigenvalue weighted by atomic mass is 9.85. The molecule has 170 valence electrons. The Hall–Kier alpha value is -4.46. The Bertz CT molecular complexity index is 1450. The summed E-state index contributed by atoms with van der Waals surface area (Å²) in [6, 6.07) is 34.1. The van der Waals surface area contributed by atoms with Gasteiger partial charge < -0.3 is 5.11 Å². The molecule has 4 rings (SSSR count). The van der Waals surface area contributed by atoms with Crippen molar-refractivity contribution in [2.24, 2.45) is 5.18 Å². The van der Waals surface area contributed by atoms with Crippen LogP contribution < -0.4 is 0 Å². The average molecular weight is 477 g/mol. The highest BCUT2D eigenvalue weighted by Crippen LogP contribution is 2.38. The van der Waals surface area contributed by atoms with Crippen LogP contribution in [-0.4, -0.2) is 5.11 Å². The molecule has 0 spiro atoms. The molecule has 0 atom stereocenters. The van der Waals surface area contributed by atoms with E-state index in [2.05, 4.69) is 5.18 Å². The maximum Gasteiger partial charge on any atom is 0.121 e. The zero-order valence-electron chi connectivity index (χ0n) is 18.9. The Morgan fingerprint density at radius 2 is 1.14 bits per heavy atom. The number of aromatic hydroxyl groups is 1. The number of benzene rings is 4. The molecule has 4 aromatic rings. The van der Waals surface area contributed by atoms with Crippen molar-refractivity contribution in [1.29, 1.82) is 5.26 Å². The maximum atomic E-state index is 11.0. The van der Waals surface area contributed by atoms with Crippen LogP contribution in [0.25, 0.3) is 16.7 Å². The van der Waals surface area contributed by atoms with Crippen molar-refractivity contribution in [3.05, 3.63) is 141 Å². The number of allylic oxidation sites excluding steroid dienone is 2. The Labute approximate surface area is 209 Å². The van der Waals surface area contributed by atoms with Gasteiger partial charge >= 0.3 is 0 Å². The number of nitrogens with zero attached hydrogens (tertiary/aromatic N) is 2. The predicted molar refractivity (Wildman–Crippen MR) is 142 cm³/mol. The highest BCUT2D eigenvalue weighted by Gasteiger charge is 2.17. The first kappa shape index (κ1) is 23.7. The van der Waals surface area contributed by atoms with Gasteiger partial charge in [-0.15, -0.1) is 4.91 Å². The molecule has 0 saturated heterocycles. The summed E-state index contributed by atoms with van der Waals surface area (Å²) in [6.07, 6.45) is 0. The van der Waals surface area contributed by atoms with E-state index in [0.29, 0.717) is 11.3 Å². The van der Waals surface area contributed by atoms with E-state index in [1.165, 1.54) is 0 Å². The number of hydrogen-bond donors (Lipinski definition) is 1. The molecule has 0 unspecified atom stereocenters. The number of nitriles is 1. The number of halogens is 1. The van der Waals surface area contributed by atoms with Crippen LogP contribution in [0.3, 0.4) is 0 Å². The summed E-state index contributed by atoms with van der Waals surface area (Å²) in [5.74, 6) is 0.177. The van der Waals surface area contributed by atoms with Gasteiger partial charge in [0.25, 0.3) is 0 Å². The van der Waals surface area contributed by atoms with Gasteiger partial charge in [-0.3, -0.25) is 0 Å². The third-order valence-electron chi connectivity index (χ3n) is 5.76. The highest BCUT2D eigenvalue weighted by molar-refractivity contribution is 6.34. The molecule has 0 fully saturated rings. The van der Waals surface area contributed by atoms with Crippen LogP contribution in [0.1, 0.15) is 34.7 Å². The Balaban J connectivity index is 2.02.